The van der Waals surface area contributed by atoms with E-state index in [1.807, 2.05) is 6.08 Å². The number of imide groups is 2. The average Bonchev–Trinajstić information content (AvgIpc) is 3.24. The highest BCUT2D eigenvalue weighted by Crippen LogP contribution is 2.65. The van der Waals surface area contributed by atoms with Gasteiger partial charge >= 0.3 is 0 Å². The quantitative estimate of drug-likeness (QED) is 0.229. The number of aromatic hydroxyl groups is 1. The van der Waals surface area contributed by atoms with Crippen molar-refractivity contribution in [1.29, 1.82) is 0 Å². The van der Waals surface area contributed by atoms with Crippen LogP contribution in [0.3, 0.4) is 0 Å². The Morgan fingerprint density at radius 2 is 1.74 bits per heavy atom. The van der Waals surface area contributed by atoms with Gasteiger partial charge in [0.2, 0.25) is 11.8 Å². The van der Waals surface area contributed by atoms with Crippen molar-refractivity contribution < 1.29 is 28.7 Å². The van der Waals surface area contributed by atoms with Crippen molar-refractivity contribution in [2.24, 2.45) is 17.8 Å². The number of hydrogen-bond acceptors (Lipinski definition) is 5. The van der Waals surface area contributed by atoms with Crippen LogP contribution >= 0.6 is 39.1 Å². The third kappa shape index (κ3) is 3.30. The minimum atomic E-state index is -1.99. The lowest BCUT2D eigenvalue weighted by atomic mass is 9.56. The molecule has 1 aromatic rings. The lowest BCUT2D eigenvalue weighted by Gasteiger charge is -2.50. The van der Waals surface area contributed by atoms with Gasteiger partial charge in [0, 0.05) is 12.0 Å². The number of carbonyl (C=O) groups is 4. The zero-order valence-corrected chi connectivity index (χ0v) is 23.4. The molecule has 7 nitrogen and oxygen atoms in total. The molecule has 0 radical (unpaired) electrons. The SMILES string of the molecule is O=C1[C@H]2[C@H](CC=C3[C@H]2C[C@@]2(Cl)C(=O)N(CBr)C(=O)[C@@]2(Cl)[C@H]3c2ccc(O)c(F)c2)C(=O)N1C1CCCCC1. The first-order chi connectivity index (χ1) is 18.1. The van der Waals surface area contributed by atoms with Crippen LogP contribution in [0, 0.1) is 23.6 Å². The van der Waals surface area contributed by atoms with E-state index in [2.05, 4.69) is 15.9 Å². The molecule has 0 bridgehead atoms. The first-order valence-corrected chi connectivity index (χ1v) is 14.8. The molecule has 0 spiro atoms. The summed E-state index contributed by atoms with van der Waals surface area (Å²) in [7, 11) is 0. The van der Waals surface area contributed by atoms with E-state index in [0.29, 0.717) is 5.57 Å². The molecule has 0 aromatic heterocycles. The normalized spacial score (nSPS) is 37.3. The standard InChI is InChI=1S/C27H26BrCl2FN2O5/c28-12-32-24(37)26(29)11-17-15(21(27(26,30)25(32)38)13-6-9-19(34)18(31)10-13)7-8-16-20(17)23(36)33(22(16)35)14-4-2-1-3-5-14/h6-7,9-10,14,16-17,20-21,34H,1-5,8,11-12H2/t16-,17+,20-,21-,26+,27-/m0/s1. The second kappa shape index (κ2) is 9.03. The van der Waals surface area contributed by atoms with Crippen molar-refractivity contribution >= 4 is 62.8 Å². The predicted molar refractivity (Wildman–Crippen MR) is 140 cm³/mol. The number of alkyl halides is 3. The molecular formula is C27H26BrCl2FN2O5. The molecule has 2 heterocycles. The summed E-state index contributed by atoms with van der Waals surface area (Å²) in [4.78, 5) is 53.2. The highest BCUT2D eigenvalue weighted by Gasteiger charge is 2.76. The van der Waals surface area contributed by atoms with Crippen LogP contribution < -0.4 is 0 Å². The van der Waals surface area contributed by atoms with Gasteiger partial charge in [-0.15, -0.1) is 23.2 Å². The molecule has 2 saturated heterocycles. The lowest BCUT2D eigenvalue weighted by molar-refractivity contribution is -0.144. The Bertz CT molecular complexity index is 1300. The summed E-state index contributed by atoms with van der Waals surface area (Å²) < 4.78 is 14.6. The molecule has 5 aliphatic rings. The molecule has 1 aromatic carbocycles. The number of amides is 4. The van der Waals surface area contributed by atoms with Crippen molar-refractivity contribution in [3.63, 3.8) is 0 Å². The Kier molecular flexibility index (Phi) is 6.24. The molecule has 2 saturated carbocycles. The number of phenolic OH excluding ortho intramolecular Hbond substituents is 1. The fourth-order valence-electron chi connectivity index (χ4n) is 7.55. The van der Waals surface area contributed by atoms with E-state index in [1.54, 1.807) is 0 Å². The van der Waals surface area contributed by atoms with E-state index in [1.165, 1.54) is 11.0 Å². The smallest absolute Gasteiger partial charge is 0.254 e. The zero-order chi connectivity index (χ0) is 27.1. The number of carbonyl (C=O) groups excluding carboxylic acids is 4. The van der Waals surface area contributed by atoms with Crippen molar-refractivity contribution in [2.45, 2.75) is 66.7 Å². The number of hydrogen-bond donors (Lipinski definition) is 1. The Balaban J connectivity index is 1.50. The van der Waals surface area contributed by atoms with Gasteiger partial charge in [-0.2, -0.15) is 0 Å². The van der Waals surface area contributed by atoms with E-state index in [9.17, 15) is 28.7 Å². The number of likely N-dealkylation sites (tertiary alicyclic amines) is 2. The highest BCUT2D eigenvalue weighted by atomic mass is 79.9. The van der Waals surface area contributed by atoms with Gasteiger partial charge in [-0.25, -0.2) is 4.39 Å². The summed E-state index contributed by atoms with van der Waals surface area (Å²) in [6.07, 6.45) is 6.52. The first-order valence-electron chi connectivity index (χ1n) is 12.9. The number of nitrogens with zero attached hydrogens (tertiary/aromatic N) is 2. The fourth-order valence-corrected chi connectivity index (χ4v) is 8.98. The number of allylic oxidation sites excluding steroid dienone is 2. The maximum atomic E-state index is 14.6. The van der Waals surface area contributed by atoms with Gasteiger partial charge in [0.15, 0.2) is 21.3 Å². The van der Waals surface area contributed by atoms with E-state index in [-0.39, 0.29) is 41.7 Å². The molecule has 38 heavy (non-hydrogen) atoms. The van der Waals surface area contributed by atoms with Crippen LogP contribution in [0.4, 0.5) is 4.39 Å². The summed E-state index contributed by atoms with van der Waals surface area (Å²) in [5.41, 5.74) is 0.729. The van der Waals surface area contributed by atoms with Gasteiger partial charge in [0.1, 0.15) is 0 Å². The Morgan fingerprint density at radius 1 is 1.03 bits per heavy atom. The second-order valence-corrected chi connectivity index (χ2v) is 12.8. The van der Waals surface area contributed by atoms with E-state index in [4.69, 9.17) is 23.2 Å². The maximum absolute atomic E-state index is 14.6. The number of benzene rings is 1. The molecule has 202 valence electrons. The van der Waals surface area contributed by atoms with Crippen molar-refractivity contribution in [1.82, 2.24) is 9.80 Å². The van der Waals surface area contributed by atoms with Crippen LogP contribution in [-0.2, 0) is 19.2 Å². The second-order valence-electron chi connectivity index (χ2n) is 11.0. The predicted octanol–water partition coefficient (Wildman–Crippen LogP) is 4.58. The number of halogens is 4. The largest absolute Gasteiger partial charge is 0.505 e. The van der Waals surface area contributed by atoms with Crippen molar-refractivity contribution in [2.75, 3.05) is 5.45 Å². The van der Waals surface area contributed by atoms with Gasteiger partial charge < -0.3 is 5.11 Å². The van der Waals surface area contributed by atoms with E-state index < -0.39 is 56.8 Å². The molecule has 11 heteroatoms. The van der Waals surface area contributed by atoms with Crippen LogP contribution in [-0.4, -0.2) is 59.8 Å². The lowest BCUT2D eigenvalue weighted by Crippen LogP contribution is -2.60. The Morgan fingerprint density at radius 3 is 2.39 bits per heavy atom. The van der Waals surface area contributed by atoms with Gasteiger partial charge in [-0.1, -0.05) is 52.9 Å². The van der Waals surface area contributed by atoms with Crippen molar-refractivity contribution in [3.05, 3.63) is 41.2 Å². The summed E-state index contributed by atoms with van der Waals surface area (Å²) in [5.74, 6) is -6.38. The van der Waals surface area contributed by atoms with Crippen LogP contribution in [0.2, 0.25) is 0 Å². The fraction of sp³-hybridized carbons (Fsp3) is 0.556. The maximum Gasteiger partial charge on any atom is 0.254 e. The van der Waals surface area contributed by atoms with Crippen molar-refractivity contribution in [3.8, 4) is 5.75 Å². The number of phenols is 1. The first kappa shape index (κ1) is 26.3. The molecule has 4 amide bonds. The molecular weight excluding hydrogens is 602 g/mol. The third-order valence-corrected chi connectivity index (χ3v) is 11.2. The van der Waals surface area contributed by atoms with Gasteiger partial charge in [0.05, 0.1) is 17.3 Å². The summed E-state index contributed by atoms with van der Waals surface area (Å²) in [6.45, 7) is 0. The zero-order valence-electron chi connectivity index (χ0n) is 20.3. The molecule has 2 aliphatic heterocycles. The third-order valence-electron chi connectivity index (χ3n) is 9.29. The molecule has 1 N–H and O–H groups in total. The molecule has 3 aliphatic carbocycles. The topological polar surface area (TPSA) is 95.0 Å². The Hall–Kier alpha value is -1.97. The highest BCUT2D eigenvalue weighted by molar-refractivity contribution is 9.09. The minimum absolute atomic E-state index is 0.103. The molecule has 6 rings (SSSR count). The summed E-state index contributed by atoms with van der Waals surface area (Å²) in [5, 5.41) is 9.82. The van der Waals surface area contributed by atoms with Crippen LogP contribution in [0.15, 0.2) is 29.8 Å². The average molecular weight is 628 g/mol. The van der Waals surface area contributed by atoms with Gasteiger partial charge in [-0.05, 0) is 49.3 Å². The van der Waals surface area contributed by atoms with E-state index in [0.717, 1.165) is 49.1 Å². The minimum Gasteiger partial charge on any atom is -0.505 e. The van der Waals surface area contributed by atoms with Gasteiger partial charge in [-0.3, -0.25) is 29.0 Å². The number of fused-ring (bicyclic) bond motifs is 4. The van der Waals surface area contributed by atoms with Crippen LogP contribution in [0.5, 0.6) is 5.75 Å². The van der Waals surface area contributed by atoms with Crippen LogP contribution in [0.25, 0.3) is 0 Å². The Labute approximate surface area is 237 Å². The monoisotopic (exact) mass is 626 g/mol. The molecule has 4 fully saturated rings. The van der Waals surface area contributed by atoms with E-state index >= 15 is 0 Å². The molecule has 0 unspecified atom stereocenters. The number of rotatable bonds is 3. The molecule has 6 atom stereocenters. The van der Waals surface area contributed by atoms with Crippen LogP contribution in [0.1, 0.15) is 56.4 Å². The summed E-state index contributed by atoms with van der Waals surface area (Å²) in [6, 6.07) is 3.56. The van der Waals surface area contributed by atoms with Gasteiger partial charge in [0.25, 0.3) is 11.8 Å². The summed E-state index contributed by atoms with van der Waals surface area (Å²) >= 11 is 17.4.